The third kappa shape index (κ3) is 2.05. The van der Waals surface area contributed by atoms with Gasteiger partial charge in [0.05, 0.1) is 5.56 Å². The number of hydrogen-bond acceptors (Lipinski definition) is 5. The Morgan fingerprint density at radius 2 is 2.27 bits per heavy atom. The number of rotatable bonds is 3. The maximum absolute atomic E-state index is 14.2. The molecule has 1 aliphatic carbocycles. The second kappa shape index (κ2) is 5.44. The summed E-state index contributed by atoms with van der Waals surface area (Å²) in [6, 6.07) is 4.24. The predicted octanol–water partition coefficient (Wildman–Crippen LogP) is 1.19. The van der Waals surface area contributed by atoms with E-state index in [9.17, 15) is 14.0 Å². The number of anilines is 1. The lowest BCUT2D eigenvalue weighted by atomic mass is 9.75. The van der Waals surface area contributed by atoms with Gasteiger partial charge in [0.2, 0.25) is 12.3 Å². The van der Waals surface area contributed by atoms with Crippen molar-refractivity contribution in [2.24, 2.45) is 0 Å². The normalized spacial score (nSPS) is 22.4. The first-order valence-corrected chi connectivity index (χ1v) is 7.32. The molecule has 1 aliphatic heterocycles. The molecule has 1 saturated heterocycles. The SMILES string of the molecule is CNC(=O)c1ccc(N2C(OS)NC(=O)C23CCC3)cc1F. The molecule has 1 spiro atoms. The topological polar surface area (TPSA) is 70.7 Å². The summed E-state index contributed by atoms with van der Waals surface area (Å²) < 4.78 is 19.2. The van der Waals surface area contributed by atoms with Crippen molar-refractivity contribution in [3.8, 4) is 0 Å². The lowest BCUT2D eigenvalue weighted by Crippen LogP contribution is -2.56. The summed E-state index contributed by atoms with van der Waals surface area (Å²) in [7, 11) is 1.44. The molecule has 2 N–H and O–H groups in total. The predicted molar refractivity (Wildman–Crippen MR) is 80.9 cm³/mol. The smallest absolute Gasteiger partial charge is 0.253 e. The Hall–Kier alpha value is -1.80. The number of carbonyl (C=O) groups excluding carboxylic acids is 2. The third-order valence-corrected chi connectivity index (χ3v) is 4.56. The van der Waals surface area contributed by atoms with Crippen LogP contribution in [0.25, 0.3) is 0 Å². The van der Waals surface area contributed by atoms with E-state index in [2.05, 4.69) is 23.5 Å². The minimum Gasteiger partial charge on any atom is -0.355 e. The minimum absolute atomic E-state index is 0.0456. The molecule has 1 aromatic rings. The molecule has 1 unspecified atom stereocenters. The molecule has 1 heterocycles. The summed E-state index contributed by atoms with van der Waals surface area (Å²) in [5.41, 5.74) is -0.285. The van der Waals surface area contributed by atoms with Crippen LogP contribution in [0.4, 0.5) is 10.1 Å². The molecule has 2 aliphatic rings. The zero-order valence-corrected chi connectivity index (χ0v) is 12.8. The van der Waals surface area contributed by atoms with Gasteiger partial charge in [-0.3, -0.25) is 13.8 Å². The molecule has 2 fully saturated rings. The van der Waals surface area contributed by atoms with Gasteiger partial charge in [0.15, 0.2) is 0 Å². The highest BCUT2D eigenvalue weighted by Gasteiger charge is 2.57. The molecule has 1 saturated carbocycles. The summed E-state index contributed by atoms with van der Waals surface area (Å²) in [6.07, 6.45) is 1.50. The van der Waals surface area contributed by atoms with E-state index in [0.717, 1.165) is 6.42 Å². The highest BCUT2D eigenvalue weighted by molar-refractivity contribution is 7.75. The van der Waals surface area contributed by atoms with Crippen LogP contribution >= 0.6 is 12.9 Å². The number of halogens is 1. The Balaban J connectivity index is 2.00. The lowest BCUT2D eigenvalue weighted by Gasteiger charge is -2.44. The first-order valence-electron chi connectivity index (χ1n) is 6.95. The summed E-state index contributed by atoms with van der Waals surface area (Å²) >= 11 is 3.79. The fraction of sp³-hybridized carbons (Fsp3) is 0.429. The molecule has 118 valence electrons. The summed E-state index contributed by atoms with van der Waals surface area (Å²) in [4.78, 5) is 25.5. The number of thiol groups is 1. The number of carbonyl (C=O) groups is 2. The quantitative estimate of drug-likeness (QED) is 0.577. The largest absolute Gasteiger partial charge is 0.355 e. The van der Waals surface area contributed by atoms with Crippen molar-refractivity contribution < 1.29 is 18.2 Å². The molecule has 1 atom stereocenters. The van der Waals surface area contributed by atoms with Crippen LogP contribution in [0.2, 0.25) is 0 Å². The Morgan fingerprint density at radius 3 is 2.77 bits per heavy atom. The van der Waals surface area contributed by atoms with Gasteiger partial charge in [0, 0.05) is 12.7 Å². The Bertz CT molecular complexity index is 636. The van der Waals surface area contributed by atoms with E-state index >= 15 is 0 Å². The van der Waals surface area contributed by atoms with Gasteiger partial charge in [0.1, 0.15) is 11.4 Å². The highest BCUT2D eigenvalue weighted by Crippen LogP contribution is 2.45. The number of hydrogen-bond donors (Lipinski definition) is 3. The average molecular weight is 325 g/mol. The van der Waals surface area contributed by atoms with Crippen LogP contribution in [-0.4, -0.2) is 30.8 Å². The van der Waals surface area contributed by atoms with E-state index < -0.39 is 23.6 Å². The minimum atomic E-state index is -0.763. The van der Waals surface area contributed by atoms with Gasteiger partial charge in [-0.2, -0.15) is 0 Å². The highest BCUT2D eigenvalue weighted by atomic mass is 32.1. The lowest BCUT2D eigenvalue weighted by molar-refractivity contribution is -0.126. The van der Waals surface area contributed by atoms with Gasteiger partial charge in [-0.05, 0) is 50.4 Å². The fourth-order valence-electron chi connectivity index (χ4n) is 3.05. The van der Waals surface area contributed by atoms with Crippen LogP contribution in [-0.2, 0) is 8.98 Å². The number of nitrogens with one attached hydrogen (secondary N) is 2. The van der Waals surface area contributed by atoms with Crippen LogP contribution in [0.1, 0.15) is 29.6 Å². The number of nitrogens with zero attached hydrogens (tertiary/aromatic N) is 1. The Labute approximate surface area is 132 Å². The van der Waals surface area contributed by atoms with Gasteiger partial charge in [-0.25, -0.2) is 4.39 Å². The summed E-state index contributed by atoms with van der Waals surface area (Å²) in [5.74, 6) is -1.29. The maximum atomic E-state index is 14.2. The second-order valence-corrected chi connectivity index (χ2v) is 5.64. The molecule has 0 aromatic heterocycles. The van der Waals surface area contributed by atoms with E-state index in [4.69, 9.17) is 4.18 Å². The van der Waals surface area contributed by atoms with Crippen molar-refractivity contribution in [3.63, 3.8) is 0 Å². The molecule has 3 rings (SSSR count). The van der Waals surface area contributed by atoms with Gasteiger partial charge < -0.3 is 15.5 Å². The van der Waals surface area contributed by atoms with E-state index in [0.29, 0.717) is 18.5 Å². The van der Waals surface area contributed by atoms with Gasteiger partial charge >= 0.3 is 0 Å². The molecule has 22 heavy (non-hydrogen) atoms. The summed E-state index contributed by atoms with van der Waals surface area (Å²) in [6.45, 7) is 0. The van der Waals surface area contributed by atoms with Crippen LogP contribution < -0.4 is 15.5 Å². The Kier molecular flexibility index (Phi) is 3.73. The Morgan fingerprint density at radius 1 is 1.55 bits per heavy atom. The number of benzene rings is 1. The maximum Gasteiger partial charge on any atom is 0.253 e. The molecule has 0 bridgehead atoms. The first kappa shape index (κ1) is 15.1. The molecule has 0 radical (unpaired) electrons. The molecule has 1 aromatic carbocycles. The second-order valence-electron chi connectivity index (χ2n) is 5.43. The van der Waals surface area contributed by atoms with Crippen molar-refractivity contribution in [2.45, 2.75) is 31.2 Å². The summed E-state index contributed by atoms with van der Waals surface area (Å²) in [5, 5.41) is 5.08. The molecular weight excluding hydrogens is 309 g/mol. The molecular formula is C14H16FN3O3S. The van der Waals surface area contributed by atoms with Crippen LogP contribution in [0.3, 0.4) is 0 Å². The number of amides is 2. The van der Waals surface area contributed by atoms with Crippen LogP contribution in [0.15, 0.2) is 18.2 Å². The van der Waals surface area contributed by atoms with Crippen LogP contribution in [0.5, 0.6) is 0 Å². The van der Waals surface area contributed by atoms with Crippen molar-refractivity contribution in [1.82, 2.24) is 10.6 Å². The zero-order valence-electron chi connectivity index (χ0n) is 11.9. The standard InChI is InChI=1S/C14H16FN3O3S/c1-16-11(19)9-4-3-8(7-10(9)15)18-13(21-22)17-12(20)14(18)5-2-6-14/h3-4,7,13,22H,2,5-6H2,1H3,(H,16,19)(H,17,20). The van der Waals surface area contributed by atoms with Gasteiger partial charge in [0.25, 0.3) is 5.91 Å². The van der Waals surface area contributed by atoms with Gasteiger partial charge in [-0.1, -0.05) is 0 Å². The molecule has 2 amide bonds. The molecule has 6 nitrogen and oxygen atoms in total. The zero-order chi connectivity index (χ0) is 15.9. The molecule has 8 heteroatoms. The van der Waals surface area contributed by atoms with Crippen molar-refractivity contribution in [1.29, 1.82) is 0 Å². The van der Waals surface area contributed by atoms with Crippen molar-refractivity contribution >= 4 is 30.4 Å². The van der Waals surface area contributed by atoms with E-state index in [1.165, 1.54) is 19.2 Å². The van der Waals surface area contributed by atoms with E-state index in [-0.39, 0.29) is 11.5 Å². The fourth-order valence-corrected chi connectivity index (χ4v) is 3.20. The monoisotopic (exact) mass is 325 g/mol. The first-order chi connectivity index (χ1) is 10.5. The van der Waals surface area contributed by atoms with Crippen molar-refractivity contribution in [2.75, 3.05) is 11.9 Å². The third-order valence-electron chi connectivity index (χ3n) is 4.36. The van der Waals surface area contributed by atoms with Gasteiger partial charge in [-0.15, -0.1) is 0 Å². The average Bonchev–Trinajstić information content (AvgIpc) is 2.78. The van der Waals surface area contributed by atoms with Crippen LogP contribution in [0, 0.1) is 5.82 Å². The van der Waals surface area contributed by atoms with Crippen molar-refractivity contribution in [3.05, 3.63) is 29.6 Å². The van der Waals surface area contributed by atoms with E-state index in [1.54, 1.807) is 11.0 Å². The van der Waals surface area contributed by atoms with E-state index in [1.807, 2.05) is 0 Å².